The molecule has 16 heavy (non-hydrogen) atoms. The molecule has 0 amide bonds. The van der Waals surface area contributed by atoms with Crippen LogP contribution in [0, 0.1) is 23.4 Å². The van der Waals surface area contributed by atoms with Crippen molar-refractivity contribution in [2.24, 2.45) is 11.7 Å². The van der Waals surface area contributed by atoms with E-state index in [0.717, 1.165) is 25.3 Å². The quantitative estimate of drug-likeness (QED) is 0.802. The van der Waals surface area contributed by atoms with Crippen LogP contribution in [0.1, 0.15) is 30.9 Å². The molecule has 0 aliphatic heterocycles. The van der Waals surface area contributed by atoms with E-state index in [2.05, 4.69) is 0 Å². The fraction of sp³-hybridized carbons (Fsp3) is 0.455. The molecule has 0 unspecified atom stereocenters. The molecule has 1 nitrogen and oxygen atoms in total. The van der Waals surface area contributed by atoms with Crippen molar-refractivity contribution >= 4 is 12.4 Å². The molecule has 1 aromatic rings. The van der Waals surface area contributed by atoms with Crippen LogP contribution in [0.3, 0.4) is 0 Å². The largest absolute Gasteiger partial charge is 0.324 e. The molecule has 0 spiro atoms. The number of halogens is 4. The first-order chi connectivity index (χ1) is 7.09. The van der Waals surface area contributed by atoms with Gasteiger partial charge in [-0.1, -0.05) is 6.42 Å². The molecule has 1 saturated carbocycles. The Morgan fingerprint density at radius 3 is 2.31 bits per heavy atom. The molecular formula is C11H13ClF3N. The fourth-order valence-corrected chi connectivity index (χ4v) is 1.87. The van der Waals surface area contributed by atoms with Gasteiger partial charge in [0.15, 0.2) is 11.6 Å². The monoisotopic (exact) mass is 251 g/mol. The summed E-state index contributed by atoms with van der Waals surface area (Å²) in [5.41, 5.74) is 5.72. The smallest absolute Gasteiger partial charge is 0.163 e. The topological polar surface area (TPSA) is 26.0 Å². The number of rotatable bonds is 2. The van der Waals surface area contributed by atoms with Gasteiger partial charge in [-0.05, 0) is 24.8 Å². The summed E-state index contributed by atoms with van der Waals surface area (Å²) in [4.78, 5) is 0. The molecule has 1 atom stereocenters. The second-order valence-corrected chi connectivity index (χ2v) is 4.01. The average Bonchev–Trinajstić information content (AvgIpc) is 2.08. The van der Waals surface area contributed by atoms with Crippen LogP contribution in [0.2, 0.25) is 0 Å². The fourth-order valence-electron chi connectivity index (χ4n) is 1.87. The van der Waals surface area contributed by atoms with Gasteiger partial charge in [-0.2, -0.15) is 0 Å². The first-order valence-corrected chi connectivity index (χ1v) is 4.99. The van der Waals surface area contributed by atoms with Crippen molar-refractivity contribution in [3.63, 3.8) is 0 Å². The van der Waals surface area contributed by atoms with Gasteiger partial charge in [0.1, 0.15) is 5.82 Å². The molecule has 90 valence electrons. The molecule has 0 radical (unpaired) electrons. The highest BCUT2D eigenvalue weighted by molar-refractivity contribution is 5.85. The van der Waals surface area contributed by atoms with Crippen LogP contribution in [-0.4, -0.2) is 0 Å². The van der Waals surface area contributed by atoms with Gasteiger partial charge in [-0.15, -0.1) is 12.4 Å². The molecule has 2 N–H and O–H groups in total. The van der Waals surface area contributed by atoms with E-state index in [-0.39, 0.29) is 23.9 Å². The summed E-state index contributed by atoms with van der Waals surface area (Å²) in [5.74, 6) is -2.81. The van der Waals surface area contributed by atoms with Gasteiger partial charge < -0.3 is 5.73 Å². The predicted molar refractivity (Wildman–Crippen MR) is 57.8 cm³/mol. The molecule has 5 heteroatoms. The minimum Gasteiger partial charge on any atom is -0.324 e. The van der Waals surface area contributed by atoms with Crippen molar-refractivity contribution in [1.82, 2.24) is 0 Å². The van der Waals surface area contributed by atoms with E-state index < -0.39 is 23.5 Å². The van der Waals surface area contributed by atoms with Crippen LogP contribution in [0.15, 0.2) is 12.1 Å². The number of benzene rings is 1. The Morgan fingerprint density at radius 2 is 1.81 bits per heavy atom. The lowest BCUT2D eigenvalue weighted by Gasteiger charge is -2.31. The normalized spacial score (nSPS) is 17.5. The first kappa shape index (κ1) is 13.3. The van der Waals surface area contributed by atoms with Crippen molar-refractivity contribution in [3.05, 3.63) is 35.1 Å². The Bertz CT molecular complexity index is 380. The lowest BCUT2D eigenvalue weighted by atomic mass is 9.77. The van der Waals surface area contributed by atoms with E-state index in [9.17, 15) is 13.2 Å². The highest BCUT2D eigenvalue weighted by atomic mass is 35.5. The molecule has 1 fully saturated rings. The van der Waals surface area contributed by atoms with E-state index in [1.165, 1.54) is 0 Å². The zero-order valence-corrected chi connectivity index (χ0v) is 9.37. The van der Waals surface area contributed by atoms with E-state index in [1.54, 1.807) is 0 Å². The van der Waals surface area contributed by atoms with Crippen LogP contribution < -0.4 is 5.73 Å². The van der Waals surface area contributed by atoms with E-state index in [0.29, 0.717) is 6.07 Å². The third kappa shape index (κ3) is 2.33. The Hall–Kier alpha value is -0.740. The molecular weight excluding hydrogens is 239 g/mol. The van der Waals surface area contributed by atoms with Gasteiger partial charge >= 0.3 is 0 Å². The van der Waals surface area contributed by atoms with Gasteiger partial charge in [0, 0.05) is 17.7 Å². The maximum Gasteiger partial charge on any atom is 0.163 e. The second kappa shape index (κ2) is 5.06. The van der Waals surface area contributed by atoms with E-state index in [1.807, 2.05) is 0 Å². The summed E-state index contributed by atoms with van der Waals surface area (Å²) >= 11 is 0. The molecule has 1 aromatic carbocycles. The van der Waals surface area contributed by atoms with Gasteiger partial charge in [0.05, 0.1) is 0 Å². The third-order valence-electron chi connectivity index (χ3n) is 3.04. The Labute approximate surface area is 98.2 Å². The zero-order chi connectivity index (χ0) is 11.0. The summed E-state index contributed by atoms with van der Waals surface area (Å²) in [7, 11) is 0. The summed E-state index contributed by atoms with van der Waals surface area (Å²) in [5, 5.41) is 0. The van der Waals surface area contributed by atoms with Crippen LogP contribution >= 0.6 is 12.4 Å². The minimum absolute atomic E-state index is 0. The van der Waals surface area contributed by atoms with Crippen LogP contribution in [0.25, 0.3) is 0 Å². The molecule has 0 heterocycles. The summed E-state index contributed by atoms with van der Waals surface area (Å²) < 4.78 is 39.1. The summed E-state index contributed by atoms with van der Waals surface area (Å²) in [6.45, 7) is 0. The molecule has 0 bridgehead atoms. The summed E-state index contributed by atoms with van der Waals surface area (Å²) in [6.07, 6.45) is 2.86. The van der Waals surface area contributed by atoms with Gasteiger partial charge in [-0.25, -0.2) is 13.2 Å². The van der Waals surface area contributed by atoms with Gasteiger partial charge in [0.2, 0.25) is 0 Å². The summed E-state index contributed by atoms with van der Waals surface area (Å²) in [6, 6.07) is 0.928. The second-order valence-electron chi connectivity index (χ2n) is 4.01. The van der Waals surface area contributed by atoms with Crippen molar-refractivity contribution in [2.75, 3.05) is 0 Å². The van der Waals surface area contributed by atoms with Crippen molar-refractivity contribution < 1.29 is 13.2 Å². The molecule has 2 rings (SSSR count). The van der Waals surface area contributed by atoms with Gasteiger partial charge in [0.25, 0.3) is 0 Å². The minimum atomic E-state index is -1.17. The molecule has 1 aliphatic carbocycles. The van der Waals surface area contributed by atoms with Crippen molar-refractivity contribution in [2.45, 2.75) is 25.3 Å². The number of hydrogen-bond acceptors (Lipinski definition) is 1. The highest BCUT2D eigenvalue weighted by Crippen LogP contribution is 2.37. The molecule has 0 aromatic heterocycles. The Balaban J connectivity index is 0.00000128. The maximum atomic E-state index is 13.3. The standard InChI is InChI=1S/C11H12F3N.ClH/c12-7-4-8(10(14)9(13)5-7)11(15)6-2-1-3-6;/h4-6,11H,1-3,15H2;1H/t11-;/m1./s1. The van der Waals surface area contributed by atoms with Crippen molar-refractivity contribution in [3.8, 4) is 0 Å². The van der Waals surface area contributed by atoms with Crippen LogP contribution in [0.4, 0.5) is 13.2 Å². The third-order valence-corrected chi connectivity index (χ3v) is 3.04. The van der Waals surface area contributed by atoms with Crippen molar-refractivity contribution in [1.29, 1.82) is 0 Å². The zero-order valence-electron chi connectivity index (χ0n) is 8.55. The predicted octanol–water partition coefficient (Wildman–Crippen LogP) is 3.33. The lowest BCUT2D eigenvalue weighted by molar-refractivity contribution is 0.258. The first-order valence-electron chi connectivity index (χ1n) is 4.99. The molecule has 0 saturated heterocycles. The highest BCUT2D eigenvalue weighted by Gasteiger charge is 2.28. The van der Waals surface area contributed by atoms with E-state index in [4.69, 9.17) is 5.73 Å². The SMILES string of the molecule is Cl.N[C@@H](c1cc(F)cc(F)c1F)C1CCC1. The Morgan fingerprint density at radius 1 is 1.19 bits per heavy atom. The number of nitrogens with two attached hydrogens (primary N) is 1. The lowest BCUT2D eigenvalue weighted by Crippen LogP contribution is -2.28. The number of hydrogen-bond donors (Lipinski definition) is 1. The molecule has 1 aliphatic rings. The van der Waals surface area contributed by atoms with Crippen LogP contribution in [0.5, 0.6) is 0 Å². The van der Waals surface area contributed by atoms with Crippen LogP contribution in [-0.2, 0) is 0 Å². The van der Waals surface area contributed by atoms with E-state index >= 15 is 0 Å². The van der Waals surface area contributed by atoms with Gasteiger partial charge in [-0.3, -0.25) is 0 Å². The Kier molecular flexibility index (Phi) is 4.21. The average molecular weight is 252 g/mol. The maximum absolute atomic E-state index is 13.3.